The summed E-state index contributed by atoms with van der Waals surface area (Å²) in [6.45, 7) is -0.0584. The van der Waals surface area contributed by atoms with Gasteiger partial charge in [-0.3, -0.25) is 9.97 Å². The average molecular weight is 369 g/mol. The minimum absolute atomic E-state index is 0.176. The Bertz CT molecular complexity index is 888. The molecule has 0 bridgehead atoms. The number of hydrogen-bond acceptors (Lipinski definition) is 4. The lowest BCUT2D eigenvalue weighted by molar-refractivity contribution is -0.186. The van der Waals surface area contributed by atoms with Gasteiger partial charge in [0.15, 0.2) is 12.4 Å². The van der Waals surface area contributed by atoms with E-state index in [4.69, 9.17) is 0 Å². The maximum atomic E-state index is 13.0. The van der Waals surface area contributed by atoms with Gasteiger partial charge in [-0.25, -0.2) is 4.39 Å². The maximum Gasteiger partial charge on any atom is 0.427 e. The molecule has 3 rings (SSSR count). The maximum absolute atomic E-state index is 13.0. The quantitative estimate of drug-likeness (QED) is 0.675. The van der Waals surface area contributed by atoms with Crippen molar-refractivity contribution < 1.29 is 22.5 Å². The highest BCUT2D eigenvalue weighted by molar-refractivity contribution is 7.90. The largest absolute Gasteiger partial charge is 0.609 e. The van der Waals surface area contributed by atoms with Gasteiger partial charge in [-0.15, -0.1) is 0 Å². The molecule has 1 atom stereocenters. The van der Waals surface area contributed by atoms with Gasteiger partial charge in [0.2, 0.25) is 0 Å². The summed E-state index contributed by atoms with van der Waals surface area (Å²) in [6, 6.07) is 7.62. The normalized spacial score (nSPS) is 13.2. The van der Waals surface area contributed by atoms with Crippen LogP contribution in [0.2, 0.25) is 0 Å². The van der Waals surface area contributed by atoms with Crippen molar-refractivity contribution >= 4 is 22.2 Å². The summed E-state index contributed by atoms with van der Waals surface area (Å²) in [6.07, 6.45) is -2.28. The van der Waals surface area contributed by atoms with Crippen LogP contribution in [0, 0.1) is 6.92 Å². The summed E-state index contributed by atoms with van der Waals surface area (Å²) >= 11 is -1.48. The van der Waals surface area contributed by atoms with E-state index in [-0.39, 0.29) is 16.7 Å². The molecule has 3 aromatic rings. The molecule has 1 unspecified atom stereocenters. The molecule has 0 amide bonds. The minimum Gasteiger partial charge on any atom is -0.609 e. The molecule has 0 aliphatic heterocycles. The monoisotopic (exact) mass is 369 g/mol. The molecular weight excluding hydrogens is 355 g/mol. The van der Waals surface area contributed by atoms with E-state index < -0.39 is 24.0 Å². The molecule has 132 valence electrons. The second-order valence-corrected chi connectivity index (χ2v) is 6.72. The third-order valence-corrected chi connectivity index (χ3v) is 4.62. The summed E-state index contributed by atoms with van der Waals surface area (Å²) in [5, 5.41) is 0.203. The number of aryl methyl sites for hydroxylation is 1. The van der Waals surface area contributed by atoms with Crippen molar-refractivity contribution in [2.45, 2.75) is 23.9 Å². The van der Waals surface area contributed by atoms with E-state index in [0.717, 1.165) is 5.56 Å². The molecule has 0 aliphatic carbocycles. The first-order valence-electron chi connectivity index (χ1n) is 7.29. The first-order chi connectivity index (χ1) is 11.9. The molecule has 0 radical (unpaired) electrons. The van der Waals surface area contributed by atoms with E-state index >= 15 is 0 Å². The molecule has 1 aromatic carbocycles. The fourth-order valence-corrected chi connectivity index (χ4v) is 3.31. The lowest BCUT2D eigenvalue weighted by Gasteiger charge is -2.13. The van der Waals surface area contributed by atoms with Crippen molar-refractivity contribution in [1.82, 2.24) is 15.0 Å². The van der Waals surface area contributed by atoms with E-state index in [0.29, 0.717) is 16.7 Å². The van der Waals surface area contributed by atoms with Gasteiger partial charge < -0.3 is 9.29 Å². The van der Waals surface area contributed by atoms with Crippen LogP contribution in [0.4, 0.5) is 13.2 Å². The van der Waals surface area contributed by atoms with Crippen LogP contribution in [0.25, 0.3) is 11.0 Å². The van der Waals surface area contributed by atoms with Gasteiger partial charge in [0, 0.05) is 23.4 Å². The fourth-order valence-electron chi connectivity index (χ4n) is 2.20. The Balaban J connectivity index is 1.82. The number of ether oxygens (including phenoxy) is 1. The Labute approximate surface area is 144 Å². The number of imidazole rings is 1. The summed E-state index contributed by atoms with van der Waals surface area (Å²) in [5.74, 6) is -0.0463. The number of hydrogen-bond donors (Lipinski definition) is 1. The molecule has 0 saturated heterocycles. The second-order valence-electron chi connectivity index (χ2n) is 5.35. The van der Waals surface area contributed by atoms with Gasteiger partial charge in [-0.1, -0.05) is 6.07 Å². The Morgan fingerprint density at radius 3 is 2.84 bits per heavy atom. The number of H-pyrrole nitrogens is 1. The van der Waals surface area contributed by atoms with Gasteiger partial charge >= 0.3 is 11.3 Å². The van der Waals surface area contributed by atoms with Crippen molar-refractivity contribution in [2.75, 3.05) is 6.67 Å². The highest BCUT2D eigenvalue weighted by Crippen LogP contribution is 2.26. The van der Waals surface area contributed by atoms with Gasteiger partial charge in [0.25, 0.3) is 0 Å². The molecule has 0 fully saturated rings. The molecule has 2 aromatic heterocycles. The fraction of sp³-hybridized carbons (Fsp3) is 0.250. The first kappa shape index (κ1) is 17.6. The molecule has 1 N–H and O–H groups in total. The van der Waals surface area contributed by atoms with Gasteiger partial charge in [-0.05, 0) is 30.7 Å². The van der Waals surface area contributed by atoms with Gasteiger partial charge in [0.1, 0.15) is 5.75 Å². The summed E-state index contributed by atoms with van der Waals surface area (Å²) in [5.41, 5.74) is 2.41. The predicted molar refractivity (Wildman–Crippen MR) is 86.7 cm³/mol. The van der Waals surface area contributed by atoms with Gasteiger partial charge in [0.05, 0.1) is 16.7 Å². The van der Waals surface area contributed by atoms with Crippen LogP contribution in [0.5, 0.6) is 5.75 Å². The number of aromatic amines is 1. The van der Waals surface area contributed by atoms with E-state index in [1.807, 2.05) is 13.0 Å². The van der Waals surface area contributed by atoms with Crippen molar-refractivity contribution in [2.24, 2.45) is 0 Å². The van der Waals surface area contributed by atoms with Crippen molar-refractivity contribution in [3.05, 3.63) is 47.8 Å². The lowest BCUT2D eigenvalue weighted by Crippen LogP contribution is -2.26. The molecule has 2 heterocycles. The van der Waals surface area contributed by atoms with Crippen LogP contribution >= 0.6 is 0 Å². The lowest BCUT2D eigenvalue weighted by atomic mass is 10.2. The molecule has 25 heavy (non-hydrogen) atoms. The third kappa shape index (κ3) is 4.05. The Hall–Kier alpha value is -2.26. The van der Waals surface area contributed by atoms with Crippen molar-refractivity contribution in [3.63, 3.8) is 0 Å². The number of nitrogens with one attached hydrogen (secondary N) is 1. The zero-order valence-electron chi connectivity index (χ0n) is 13.1. The molecule has 0 spiro atoms. The topological polar surface area (TPSA) is 73.9 Å². The minimum atomic E-state index is -3.90. The van der Waals surface area contributed by atoms with Crippen molar-refractivity contribution in [3.8, 4) is 5.75 Å². The summed E-state index contributed by atoms with van der Waals surface area (Å²) in [7, 11) is 0. The Morgan fingerprint density at radius 2 is 2.12 bits per heavy atom. The van der Waals surface area contributed by atoms with Crippen LogP contribution in [-0.4, -0.2) is 32.3 Å². The molecule has 0 saturated carbocycles. The summed E-state index contributed by atoms with van der Waals surface area (Å²) in [4.78, 5) is 11.2. The Kier molecular flexibility index (Phi) is 4.87. The zero-order valence-corrected chi connectivity index (χ0v) is 13.9. The number of pyridine rings is 1. The average Bonchev–Trinajstić information content (AvgIpc) is 3.00. The molecule has 9 heteroatoms. The first-order valence-corrected chi connectivity index (χ1v) is 8.61. The third-order valence-electron chi connectivity index (χ3n) is 3.46. The zero-order chi connectivity index (χ0) is 18.0. The number of rotatable bonds is 6. The van der Waals surface area contributed by atoms with Crippen LogP contribution in [0.1, 0.15) is 11.3 Å². The van der Waals surface area contributed by atoms with Crippen LogP contribution in [0.15, 0.2) is 41.7 Å². The van der Waals surface area contributed by atoms with E-state index in [2.05, 4.69) is 19.7 Å². The van der Waals surface area contributed by atoms with Crippen molar-refractivity contribution in [1.29, 1.82) is 0 Å². The van der Waals surface area contributed by atoms with E-state index in [1.165, 1.54) is 18.2 Å². The van der Waals surface area contributed by atoms with E-state index in [1.54, 1.807) is 12.3 Å². The SMILES string of the molecule is Cc1cccnc1C[S+]([O-])c1nc2cc(OC(F)(F)CF)ccc2[nH]1. The standard InChI is InChI=1S/C16H14F3N3O2S/c1-10-3-2-6-20-14(10)8-25(23)15-21-12-5-4-11(7-13(12)22-15)24-16(18,19)9-17/h2-7H,8-9H2,1H3,(H,21,22). The highest BCUT2D eigenvalue weighted by Gasteiger charge is 2.31. The van der Waals surface area contributed by atoms with Gasteiger partial charge in [-0.2, -0.15) is 13.8 Å². The number of fused-ring (bicyclic) bond motifs is 1. The van der Waals surface area contributed by atoms with Crippen LogP contribution < -0.4 is 4.74 Å². The number of nitrogens with zero attached hydrogens (tertiary/aromatic N) is 2. The number of aromatic nitrogens is 3. The number of benzene rings is 1. The Morgan fingerprint density at radius 1 is 1.32 bits per heavy atom. The molecule has 0 aliphatic rings. The summed E-state index contributed by atoms with van der Waals surface area (Å²) < 4.78 is 54.9. The number of alkyl halides is 3. The predicted octanol–water partition coefficient (Wildman–Crippen LogP) is 3.52. The van der Waals surface area contributed by atoms with Crippen LogP contribution in [0.3, 0.4) is 0 Å². The highest BCUT2D eigenvalue weighted by atomic mass is 32.2. The smallest absolute Gasteiger partial charge is 0.427 e. The molecule has 5 nitrogen and oxygen atoms in total. The van der Waals surface area contributed by atoms with Crippen LogP contribution in [-0.2, 0) is 16.9 Å². The van der Waals surface area contributed by atoms with E-state index in [9.17, 15) is 17.7 Å². The second kappa shape index (κ2) is 6.93. The number of halogens is 3. The molecular formula is C16H14F3N3O2S.